The molecular formula is C26H24N2O2. The Morgan fingerprint density at radius 2 is 1.67 bits per heavy atom. The number of fused-ring (bicyclic) bond motifs is 4. The average Bonchev–Trinajstić information content (AvgIpc) is 2.79. The second-order valence-corrected chi connectivity index (χ2v) is 8.00. The predicted molar refractivity (Wildman–Crippen MR) is 118 cm³/mol. The molecule has 30 heavy (non-hydrogen) atoms. The summed E-state index contributed by atoms with van der Waals surface area (Å²) in [5, 5.41) is 3.11. The lowest BCUT2D eigenvalue weighted by atomic mass is 9.76. The third-order valence-corrected chi connectivity index (χ3v) is 6.35. The molecule has 2 aliphatic heterocycles. The van der Waals surface area contributed by atoms with E-state index in [1.165, 1.54) is 11.1 Å². The molecule has 0 saturated carbocycles. The highest BCUT2D eigenvalue weighted by Crippen LogP contribution is 2.46. The SMILES string of the molecule is CCc1ccc(NC(=O)[C@@H]2c3ccccc3C(=O)N3CCc4ccccc4[C@@H]23)cc1. The first-order valence-electron chi connectivity index (χ1n) is 10.5. The number of anilines is 1. The predicted octanol–water partition coefficient (Wildman–Crippen LogP) is 4.72. The van der Waals surface area contributed by atoms with Crippen molar-refractivity contribution in [2.24, 2.45) is 0 Å². The Balaban J connectivity index is 1.59. The number of carbonyl (C=O) groups is 2. The fraction of sp³-hybridized carbons (Fsp3) is 0.231. The molecule has 0 unspecified atom stereocenters. The van der Waals surface area contributed by atoms with Gasteiger partial charge in [-0.2, -0.15) is 0 Å². The van der Waals surface area contributed by atoms with Crippen LogP contribution in [0, 0.1) is 0 Å². The molecule has 0 saturated heterocycles. The van der Waals surface area contributed by atoms with Gasteiger partial charge in [-0.3, -0.25) is 9.59 Å². The summed E-state index contributed by atoms with van der Waals surface area (Å²) in [6.45, 7) is 2.74. The van der Waals surface area contributed by atoms with Crippen LogP contribution in [0.1, 0.15) is 51.5 Å². The third-order valence-electron chi connectivity index (χ3n) is 6.35. The molecule has 0 radical (unpaired) electrons. The maximum absolute atomic E-state index is 13.6. The van der Waals surface area contributed by atoms with Crippen molar-refractivity contribution in [1.82, 2.24) is 4.90 Å². The van der Waals surface area contributed by atoms with Gasteiger partial charge in [0.1, 0.15) is 0 Å². The lowest BCUT2D eigenvalue weighted by molar-refractivity contribution is -0.119. The van der Waals surface area contributed by atoms with Crippen LogP contribution in [-0.2, 0) is 17.6 Å². The molecule has 5 rings (SSSR count). The molecule has 1 N–H and O–H groups in total. The molecule has 2 heterocycles. The first kappa shape index (κ1) is 18.6. The Morgan fingerprint density at radius 1 is 0.967 bits per heavy atom. The largest absolute Gasteiger partial charge is 0.330 e. The summed E-state index contributed by atoms with van der Waals surface area (Å²) < 4.78 is 0. The van der Waals surface area contributed by atoms with Gasteiger partial charge in [-0.25, -0.2) is 0 Å². The number of benzene rings is 3. The lowest BCUT2D eigenvalue weighted by Crippen LogP contribution is -2.49. The zero-order valence-corrected chi connectivity index (χ0v) is 17.0. The van der Waals surface area contributed by atoms with Crippen molar-refractivity contribution in [3.05, 3.63) is 101 Å². The molecule has 3 aromatic carbocycles. The monoisotopic (exact) mass is 396 g/mol. The molecule has 0 aromatic heterocycles. The minimum atomic E-state index is -0.453. The highest BCUT2D eigenvalue weighted by Gasteiger charge is 2.46. The molecule has 3 aromatic rings. The van der Waals surface area contributed by atoms with E-state index in [0.717, 1.165) is 29.7 Å². The number of hydrogen-bond acceptors (Lipinski definition) is 2. The molecular weight excluding hydrogens is 372 g/mol. The van der Waals surface area contributed by atoms with E-state index in [4.69, 9.17) is 0 Å². The maximum Gasteiger partial charge on any atom is 0.254 e. The average molecular weight is 396 g/mol. The Morgan fingerprint density at radius 3 is 2.43 bits per heavy atom. The fourth-order valence-electron chi connectivity index (χ4n) is 4.80. The first-order chi connectivity index (χ1) is 14.7. The van der Waals surface area contributed by atoms with Gasteiger partial charge < -0.3 is 10.2 Å². The number of nitrogens with zero attached hydrogens (tertiary/aromatic N) is 1. The van der Waals surface area contributed by atoms with Crippen LogP contribution in [0.4, 0.5) is 5.69 Å². The fourth-order valence-corrected chi connectivity index (χ4v) is 4.80. The van der Waals surface area contributed by atoms with Crippen LogP contribution in [0.15, 0.2) is 72.8 Å². The summed E-state index contributed by atoms with van der Waals surface area (Å²) in [6.07, 6.45) is 1.77. The van der Waals surface area contributed by atoms with Gasteiger partial charge in [0.15, 0.2) is 0 Å². The Labute approximate surface area is 176 Å². The van der Waals surface area contributed by atoms with Crippen LogP contribution >= 0.6 is 0 Å². The van der Waals surface area contributed by atoms with Crippen molar-refractivity contribution in [3.63, 3.8) is 0 Å². The Kier molecular flexibility index (Phi) is 4.62. The van der Waals surface area contributed by atoms with Crippen molar-refractivity contribution in [1.29, 1.82) is 0 Å². The van der Waals surface area contributed by atoms with Crippen molar-refractivity contribution in [3.8, 4) is 0 Å². The van der Waals surface area contributed by atoms with Crippen LogP contribution in [-0.4, -0.2) is 23.3 Å². The van der Waals surface area contributed by atoms with E-state index in [2.05, 4.69) is 24.4 Å². The second kappa shape index (κ2) is 7.45. The zero-order chi connectivity index (χ0) is 20.7. The molecule has 2 amide bonds. The van der Waals surface area contributed by atoms with E-state index in [9.17, 15) is 9.59 Å². The van der Waals surface area contributed by atoms with Crippen molar-refractivity contribution in [2.75, 3.05) is 11.9 Å². The standard InChI is InChI=1S/C26H24N2O2/c1-2-17-11-13-19(14-12-17)27-25(29)23-21-9-5-6-10-22(21)26(30)28-16-15-18-7-3-4-8-20(18)24(23)28/h3-14,23-24H,2,15-16H2,1H3,(H,27,29)/t23-,24+/m1/s1. The van der Waals surface area contributed by atoms with Crippen molar-refractivity contribution >= 4 is 17.5 Å². The summed E-state index contributed by atoms with van der Waals surface area (Å²) in [5.74, 6) is -0.515. The van der Waals surface area contributed by atoms with Crippen LogP contribution in [0.2, 0.25) is 0 Å². The van der Waals surface area contributed by atoms with Gasteiger partial charge in [-0.15, -0.1) is 0 Å². The number of amides is 2. The van der Waals surface area contributed by atoms with E-state index in [-0.39, 0.29) is 17.9 Å². The topological polar surface area (TPSA) is 49.4 Å². The Hall–Kier alpha value is -3.40. The summed E-state index contributed by atoms with van der Waals surface area (Å²) in [4.78, 5) is 28.7. The van der Waals surface area contributed by atoms with Gasteiger partial charge >= 0.3 is 0 Å². The maximum atomic E-state index is 13.6. The van der Waals surface area contributed by atoms with E-state index in [1.807, 2.05) is 65.6 Å². The minimum Gasteiger partial charge on any atom is -0.330 e. The molecule has 0 spiro atoms. The summed E-state index contributed by atoms with van der Waals surface area (Å²) in [6, 6.07) is 23.4. The summed E-state index contributed by atoms with van der Waals surface area (Å²) in [5.41, 5.74) is 5.75. The number of aryl methyl sites for hydroxylation is 1. The van der Waals surface area contributed by atoms with Gasteiger partial charge in [-0.05, 0) is 53.3 Å². The smallest absolute Gasteiger partial charge is 0.254 e. The van der Waals surface area contributed by atoms with Crippen LogP contribution in [0.25, 0.3) is 0 Å². The van der Waals surface area contributed by atoms with Crippen LogP contribution in [0.3, 0.4) is 0 Å². The highest BCUT2D eigenvalue weighted by molar-refractivity contribution is 6.04. The Bertz CT molecular complexity index is 1120. The second-order valence-electron chi connectivity index (χ2n) is 8.00. The number of nitrogens with one attached hydrogen (secondary N) is 1. The molecule has 4 nitrogen and oxygen atoms in total. The summed E-state index contributed by atoms with van der Waals surface area (Å²) in [7, 11) is 0. The number of rotatable bonds is 3. The molecule has 4 heteroatoms. The lowest BCUT2D eigenvalue weighted by Gasteiger charge is -2.45. The van der Waals surface area contributed by atoms with Gasteiger partial charge in [0, 0.05) is 17.8 Å². The third kappa shape index (κ3) is 3.00. The van der Waals surface area contributed by atoms with Gasteiger partial charge in [0.2, 0.25) is 5.91 Å². The molecule has 0 aliphatic carbocycles. The first-order valence-corrected chi connectivity index (χ1v) is 10.5. The van der Waals surface area contributed by atoms with Gasteiger partial charge in [-0.1, -0.05) is 61.5 Å². The zero-order valence-electron chi connectivity index (χ0n) is 17.0. The van der Waals surface area contributed by atoms with Crippen LogP contribution in [0.5, 0.6) is 0 Å². The molecule has 2 atom stereocenters. The van der Waals surface area contributed by atoms with E-state index < -0.39 is 5.92 Å². The molecule has 150 valence electrons. The van der Waals surface area contributed by atoms with E-state index >= 15 is 0 Å². The van der Waals surface area contributed by atoms with E-state index in [1.54, 1.807) is 0 Å². The molecule has 0 fully saturated rings. The highest BCUT2D eigenvalue weighted by atomic mass is 16.2. The quantitative estimate of drug-likeness (QED) is 0.696. The van der Waals surface area contributed by atoms with E-state index in [0.29, 0.717) is 12.1 Å². The summed E-state index contributed by atoms with van der Waals surface area (Å²) >= 11 is 0. The molecule has 2 aliphatic rings. The number of carbonyl (C=O) groups excluding carboxylic acids is 2. The van der Waals surface area contributed by atoms with Crippen molar-refractivity contribution < 1.29 is 9.59 Å². The van der Waals surface area contributed by atoms with Gasteiger partial charge in [0.05, 0.1) is 12.0 Å². The van der Waals surface area contributed by atoms with Gasteiger partial charge in [0.25, 0.3) is 5.91 Å². The normalized spacial score (nSPS) is 19.5. The minimum absolute atomic E-state index is 0.0152. The van der Waals surface area contributed by atoms with Crippen LogP contribution < -0.4 is 5.32 Å². The van der Waals surface area contributed by atoms with Crippen molar-refractivity contribution in [2.45, 2.75) is 31.7 Å². The molecule has 0 bridgehead atoms. The number of hydrogen-bond donors (Lipinski definition) is 1.